The number of fused-ring (bicyclic) bond motifs is 1. The highest BCUT2D eigenvalue weighted by molar-refractivity contribution is 6.02. The molecule has 7 heteroatoms. The Morgan fingerprint density at radius 2 is 1.84 bits per heavy atom. The van der Waals surface area contributed by atoms with E-state index in [9.17, 15) is 19.5 Å². The van der Waals surface area contributed by atoms with Gasteiger partial charge in [0.1, 0.15) is 6.54 Å². The van der Waals surface area contributed by atoms with E-state index in [1.165, 1.54) is 24.1 Å². The van der Waals surface area contributed by atoms with Crippen molar-refractivity contribution >= 4 is 23.8 Å². The minimum absolute atomic E-state index is 0.00360. The molecular formula is C24H20N2O5. The van der Waals surface area contributed by atoms with E-state index in [4.69, 9.17) is 4.74 Å². The molecule has 1 heterocycles. The molecule has 1 atom stereocenters. The summed E-state index contributed by atoms with van der Waals surface area (Å²) in [6, 6.07) is 18.9. The Labute approximate surface area is 178 Å². The molecule has 3 aromatic rings. The molecule has 0 aromatic heterocycles. The van der Waals surface area contributed by atoms with Gasteiger partial charge in [-0.05, 0) is 23.8 Å². The predicted molar refractivity (Wildman–Crippen MR) is 114 cm³/mol. The van der Waals surface area contributed by atoms with Crippen molar-refractivity contribution in [2.75, 3.05) is 19.0 Å². The summed E-state index contributed by atoms with van der Waals surface area (Å²) in [7, 11) is 1.33. The number of para-hydroxylation sites is 1. The number of hydrogen-bond donors (Lipinski definition) is 2. The van der Waals surface area contributed by atoms with Crippen molar-refractivity contribution in [1.82, 2.24) is 4.90 Å². The largest absolute Gasteiger partial charge is 0.504 e. The number of amides is 2. The van der Waals surface area contributed by atoms with Crippen LogP contribution in [0.15, 0.2) is 66.7 Å². The van der Waals surface area contributed by atoms with Crippen LogP contribution in [-0.4, -0.2) is 41.8 Å². The number of aromatic hydroxyl groups is 1. The highest BCUT2D eigenvalue weighted by Gasteiger charge is 2.34. The first-order valence-electron chi connectivity index (χ1n) is 9.64. The van der Waals surface area contributed by atoms with Gasteiger partial charge in [-0.1, -0.05) is 48.5 Å². The van der Waals surface area contributed by atoms with E-state index >= 15 is 0 Å². The lowest BCUT2D eigenvalue weighted by atomic mass is 9.95. The number of benzene rings is 3. The number of aldehydes is 1. The van der Waals surface area contributed by atoms with Crippen LogP contribution in [0.3, 0.4) is 0 Å². The maximum Gasteiger partial charge on any atom is 0.255 e. The van der Waals surface area contributed by atoms with E-state index in [2.05, 4.69) is 5.32 Å². The van der Waals surface area contributed by atoms with Gasteiger partial charge >= 0.3 is 0 Å². The van der Waals surface area contributed by atoms with E-state index < -0.39 is 11.9 Å². The number of phenolic OH excluding ortho intramolecular Hbond substituents is 1. The predicted octanol–water partition coefficient (Wildman–Crippen LogP) is 3.40. The Balaban J connectivity index is 1.88. The zero-order chi connectivity index (χ0) is 22.0. The van der Waals surface area contributed by atoms with Gasteiger partial charge in [-0.25, -0.2) is 0 Å². The Morgan fingerprint density at radius 3 is 2.55 bits per heavy atom. The van der Waals surface area contributed by atoms with Crippen molar-refractivity contribution in [2.24, 2.45) is 0 Å². The maximum atomic E-state index is 13.6. The van der Waals surface area contributed by atoms with Crippen molar-refractivity contribution in [3.05, 3.63) is 89.0 Å². The smallest absolute Gasteiger partial charge is 0.255 e. The second-order valence-electron chi connectivity index (χ2n) is 7.12. The van der Waals surface area contributed by atoms with Crippen LogP contribution in [0, 0.1) is 0 Å². The van der Waals surface area contributed by atoms with Crippen LogP contribution in [0.1, 0.15) is 37.9 Å². The molecule has 1 aliphatic heterocycles. The van der Waals surface area contributed by atoms with Gasteiger partial charge in [0.15, 0.2) is 17.8 Å². The fraction of sp³-hybridized carbons (Fsp3) is 0.125. The van der Waals surface area contributed by atoms with Crippen LogP contribution in [0.4, 0.5) is 5.69 Å². The second kappa shape index (κ2) is 8.31. The third-order valence-electron chi connectivity index (χ3n) is 5.23. The minimum Gasteiger partial charge on any atom is -0.504 e. The summed E-state index contributed by atoms with van der Waals surface area (Å²) in [6.45, 7) is -0.188. The standard InChI is InChI=1S/C24H20N2O5/c1-31-20-12-16(11-17(14-27)23(20)29)24(30)26-13-21(28)25-19-10-6-5-9-18(19)22(26)15-7-3-2-4-8-15/h2-12,14,22,29H,13H2,1H3,(H,25,28). The molecule has 1 unspecified atom stereocenters. The average molecular weight is 416 g/mol. The molecule has 4 rings (SSSR count). The molecule has 0 spiro atoms. The number of nitrogens with one attached hydrogen (secondary N) is 1. The fourth-order valence-corrected chi connectivity index (χ4v) is 3.80. The summed E-state index contributed by atoms with van der Waals surface area (Å²) < 4.78 is 5.12. The number of methoxy groups -OCH3 is 1. The van der Waals surface area contributed by atoms with Crippen molar-refractivity contribution in [2.45, 2.75) is 6.04 Å². The summed E-state index contributed by atoms with van der Waals surface area (Å²) in [5.74, 6) is -1.14. The van der Waals surface area contributed by atoms with Gasteiger partial charge in [-0.15, -0.1) is 0 Å². The highest BCUT2D eigenvalue weighted by Crippen LogP contribution is 2.37. The number of anilines is 1. The first-order chi connectivity index (χ1) is 15.0. The molecule has 2 amide bonds. The first-order valence-corrected chi connectivity index (χ1v) is 9.64. The van der Waals surface area contributed by atoms with Gasteiger partial charge < -0.3 is 20.1 Å². The van der Waals surface area contributed by atoms with Crippen molar-refractivity contribution in [3.63, 3.8) is 0 Å². The SMILES string of the molecule is COc1cc(C(=O)N2CC(=O)Nc3ccccc3C2c2ccccc2)cc(C=O)c1O. The van der Waals surface area contributed by atoms with Gasteiger partial charge in [0.25, 0.3) is 5.91 Å². The third-order valence-corrected chi connectivity index (χ3v) is 5.23. The zero-order valence-electron chi connectivity index (χ0n) is 16.7. The van der Waals surface area contributed by atoms with Crippen molar-refractivity contribution < 1.29 is 24.2 Å². The molecule has 31 heavy (non-hydrogen) atoms. The van der Waals surface area contributed by atoms with Gasteiger partial charge in [0, 0.05) is 16.8 Å². The summed E-state index contributed by atoms with van der Waals surface area (Å²) in [4.78, 5) is 39.1. The lowest BCUT2D eigenvalue weighted by Gasteiger charge is -2.30. The molecule has 3 aromatic carbocycles. The summed E-state index contributed by atoms with van der Waals surface area (Å²) >= 11 is 0. The summed E-state index contributed by atoms with van der Waals surface area (Å²) in [5, 5.41) is 13.0. The minimum atomic E-state index is -0.539. The number of hydrogen-bond acceptors (Lipinski definition) is 5. The van der Waals surface area contributed by atoms with Crippen LogP contribution in [0.2, 0.25) is 0 Å². The molecule has 0 radical (unpaired) electrons. The van der Waals surface area contributed by atoms with Crippen LogP contribution >= 0.6 is 0 Å². The molecule has 1 aliphatic rings. The van der Waals surface area contributed by atoms with E-state index in [0.717, 1.165) is 11.1 Å². The number of ether oxygens (including phenoxy) is 1. The van der Waals surface area contributed by atoms with Gasteiger partial charge in [-0.3, -0.25) is 14.4 Å². The molecule has 0 aliphatic carbocycles. The third kappa shape index (κ3) is 3.73. The van der Waals surface area contributed by atoms with E-state index in [-0.39, 0.29) is 35.1 Å². The van der Waals surface area contributed by atoms with E-state index in [0.29, 0.717) is 12.0 Å². The van der Waals surface area contributed by atoms with Crippen LogP contribution < -0.4 is 10.1 Å². The Hall–Kier alpha value is -4.13. The molecular weight excluding hydrogens is 396 g/mol. The number of phenols is 1. The maximum absolute atomic E-state index is 13.6. The van der Waals surface area contributed by atoms with Crippen molar-refractivity contribution in [3.8, 4) is 11.5 Å². The lowest BCUT2D eigenvalue weighted by Crippen LogP contribution is -2.39. The monoisotopic (exact) mass is 416 g/mol. The first kappa shape index (κ1) is 20.2. The summed E-state index contributed by atoms with van der Waals surface area (Å²) in [6.07, 6.45) is 0.452. The van der Waals surface area contributed by atoms with Crippen LogP contribution in [0.5, 0.6) is 11.5 Å². The molecule has 7 nitrogen and oxygen atoms in total. The normalized spacial score (nSPS) is 15.5. The molecule has 0 fully saturated rings. The van der Waals surface area contributed by atoms with Crippen LogP contribution in [0.25, 0.3) is 0 Å². The van der Waals surface area contributed by atoms with E-state index in [1.54, 1.807) is 6.07 Å². The molecule has 0 saturated heterocycles. The molecule has 0 bridgehead atoms. The second-order valence-corrected chi connectivity index (χ2v) is 7.12. The number of carbonyl (C=O) groups excluding carboxylic acids is 3. The van der Waals surface area contributed by atoms with Crippen LogP contribution in [-0.2, 0) is 4.79 Å². The van der Waals surface area contributed by atoms with Gasteiger partial charge in [-0.2, -0.15) is 0 Å². The number of nitrogens with zero attached hydrogens (tertiary/aromatic N) is 1. The highest BCUT2D eigenvalue weighted by atomic mass is 16.5. The fourth-order valence-electron chi connectivity index (χ4n) is 3.80. The lowest BCUT2D eigenvalue weighted by molar-refractivity contribution is -0.117. The number of rotatable bonds is 4. The Kier molecular flexibility index (Phi) is 5.41. The molecule has 156 valence electrons. The van der Waals surface area contributed by atoms with Gasteiger partial charge in [0.05, 0.1) is 18.7 Å². The summed E-state index contributed by atoms with van der Waals surface area (Å²) in [5.41, 5.74) is 2.30. The van der Waals surface area contributed by atoms with E-state index in [1.807, 2.05) is 48.5 Å². The Morgan fingerprint density at radius 1 is 1.13 bits per heavy atom. The molecule has 2 N–H and O–H groups in total. The topological polar surface area (TPSA) is 95.9 Å². The van der Waals surface area contributed by atoms with Gasteiger partial charge in [0.2, 0.25) is 5.91 Å². The quantitative estimate of drug-likeness (QED) is 0.636. The number of carbonyl (C=O) groups is 3. The zero-order valence-corrected chi connectivity index (χ0v) is 16.7. The van der Waals surface area contributed by atoms with Crippen molar-refractivity contribution in [1.29, 1.82) is 0 Å². The molecule has 0 saturated carbocycles. The Bertz CT molecular complexity index is 1160. The average Bonchev–Trinajstić information content (AvgIpc) is 2.95.